The molecule has 1 fully saturated rings. The normalized spacial score (nSPS) is 17.6. The first kappa shape index (κ1) is 28.1. The van der Waals surface area contributed by atoms with Crippen molar-refractivity contribution in [2.24, 2.45) is 0 Å². The van der Waals surface area contributed by atoms with Crippen molar-refractivity contribution in [3.05, 3.63) is 93.5 Å². The number of piperazine rings is 1. The van der Waals surface area contributed by atoms with Crippen LogP contribution in [0.4, 0.5) is 11.4 Å². The summed E-state index contributed by atoms with van der Waals surface area (Å²) < 4.78 is 0. The monoisotopic (exact) mass is 578 g/mol. The molecule has 2 aliphatic heterocycles. The number of amides is 3. The van der Waals surface area contributed by atoms with E-state index in [4.69, 9.17) is 23.2 Å². The first-order valence-electron chi connectivity index (χ1n) is 13.5. The van der Waals surface area contributed by atoms with Gasteiger partial charge in [-0.25, -0.2) is 0 Å². The van der Waals surface area contributed by atoms with Crippen LogP contribution in [-0.4, -0.2) is 67.3 Å². The molecule has 0 bridgehead atoms. The summed E-state index contributed by atoms with van der Waals surface area (Å²) in [7, 11) is 2.07. The van der Waals surface area contributed by atoms with E-state index in [-0.39, 0.29) is 23.6 Å². The van der Waals surface area contributed by atoms with E-state index in [2.05, 4.69) is 17.3 Å². The Morgan fingerprint density at radius 3 is 2.35 bits per heavy atom. The van der Waals surface area contributed by atoms with Crippen molar-refractivity contribution in [2.45, 2.75) is 25.2 Å². The van der Waals surface area contributed by atoms with Crippen LogP contribution in [-0.2, 0) is 4.79 Å². The van der Waals surface area contributed by atoms with Gasteiger partial charge in [0, 0.05) is 61.1 Å². The van der Waals surface area contributed by atoms with Crippen molar-refractivity contribution >= 4 is 52.3 Å². The Bertz CT molecular complexity index is 1400. The van der Waals surface area contributed by atoms with Crippen LogP contribution in [0.15, 0.2) is 66.7 Å². The minimum atomic E-state index is -0.319. The topological polar surface area (TPSA) is 73.0 Å². The summed E-state index contributed by atoms with van der Waals surface area (Å²) in [6, 6.07) is 19.2. The Balaban J connectivity index is 1.32. The number of fused-ring (bicyclic) bond motifs is 1. The number of anilines is 2. The summed E-state index contributed by atoms with van der Waals surface area (Å²) in [6.07, 6.45) is 1.97. The SMILES string of the molecule is CN1CCN(C(=O)CC2CCCN(C(=O)c3ccc(NC(=O)c4ccccc4Cl)cc3)c3ccc(Cl)cc32)CC1. The van der Waals surface area contributed by atoms with Crippen LogP contribution in [0.3, 0.4) is 0 Å². The maximum atomic E-state index is 13.7. The number of nitrogens with one attached hydrogen (secondary N) is 1. The molecule has 40 heavy (non-hydrogen) atoms. The number of hydrogen-bond donors (Lipinski definition) is 1. The van der Waals surface area contributed by atoms with Crippen LogP contribution in [0, 0.1) is 0 Å². The number of likely N-dealkylation sites (N-methyl/N-ethyl adjacent to an activating group) is 1. The third-order valence-electron chi connectivity index (χ3n) is 7.68. The van der Waals surface area contributed by atoms with Crippen LogP contribution in [0.5, 0.6) is 0 Å². The van der Waals surface area contributed by atoms with Crippen LogP contribution < -0.4 is 10.2 Å². The minimum Gasteiger partial charge on any atom is -0.340 e. The summed E-state index contributed by atoms with van der Waals surface area (Å²) >= 11 is 12.5. The summed E-state index contributed by atoms with van der Waals surface area (Å²) in [4.78, 5) is 45.5. The van der Waals surface area contributed by atoms with Crippen LogP contribution >= 0.6 is 23.2 Å². The molecular weight excluding hydrogens is 547 g/mol. The number of nitrogens with zero attached hydrogens (tertiary/aromatic N) is 3. The van der Waals surface area contributed by atoms with Gasteiger partial charge in [-0.3, -0.25) is 14.4 Å². The van der Waals surface area contributed by atoms with Crippen LogP contribution in [0.25, 0.3) is 0 Å². The molecule has 3 aromatic carbocycles. The Hall–Kier alpha value is -3.39. The first-order valence-corrected chi connectivity index (χ1v) is 14.3. The van der Waals surface area contributed by atoms with Gasteiger partial charge in [0.25, 0.3) is 11.8 Å². The van der Waals surface area contributed by atoms with Crippen LogP contribution in [0.1, 0.15) is 51.5 Å². The highest BCUT2D eigenvalue weighted by molar-refractivity contribution is 6.34. The van der Waals surface area contributed by atoms with E-state index in [1.54, 1.807) is 59.5 Å². The smallest absolute Gasteiger partial charge is 0.258 e. The van der Waals surface area contributed by atoms with E-state index in [9.17, 15) is 14.4 Å². The number of halogens is 2. The zero-order valence-electron chi connectivity index (χ0n) is 22.4. The maximum absolute atomic E-state index is 13.7. The average Bonchev–Trinajstić information content (AvgIpc) is 3.12. The molecule has 0 aromatic heterocycles. The Morgan fingerprint density at radius 2 is 1.62 bits per heavy atom. The van der Waals surface area contributed by atoms with E-state index >= 15 is 0 Å². The summed E-state index contributed by atoms with van der Waals surface area (Å²) in [5, 5.41) is 3.79. The van der Waals surface area contributed by atoms with Crippen molar-refractivity contribution in [3.63, 3.8) is 0 Å². The molecule has 1 atom stereocenters. The lowest BCUT2D eigenvalue weighted by molar-refractivity contribution is -0.133. The number of benzene rings is 3. The highest BCUT2D eigenvalue weighted by atomic mass is 35.5. The lowest BCUT2D eigenvalue weighted by Crippen LogP contribution is -2.47. The molecular formula is C31H32Cl2N4O3. The lowest BCUT2D eigenvalue weighted by Gasteiger charge is -2.33. The van der Waals surface area contributed by atoms with Gasteiger partial charge < -0.3 is 20.0 Å². The van der Waals surface area contributed by atoms with Gasteiger partial charge in [0.05, 0.1) is 10.6 Å². The Kier molecular flexibility index (Phi) is 8.74. The Morgan fingerprint density at radius 1 is 0.900 bits per heavy atom. The molecule has 3 aromatic rings. The molecule has 1 saturated heterocycles. The van der Waals surface area contributed by atoms with Crippen molar-refractivity contribution in [1.82, 2.24) is 9.80 Å². The quantitative estimate of drug-likeness (QED) is 0.407. The first-order chi connectivity index (χ1) is 19.3. The fourth-order valence-electron chi connectivity index (χ4n) is 5.38. The highest BCUT2D eigenvalue weighted by Crippen LogP contribution is 2.39. The number of rotatable bonds is 5. The van der Waals surface area contributed by atoms with Crippen LogP contribution in [0.2, 0.25) is 10.0 Å². The van der Waals surface area contributed by atoms with Gasteiger partial charge >= 0.3 is 0 Å². The molecule has 2 aliphatic rings. The standard InChI is InChI=1S/C31H32Cl2N4O3/c1-35-15-17-36(18-16-35)29(38)19-22-5-4-14-37(28-13-10-23(32)20-26(22)28)31(40)21-8-11-24(12-9-21)34-30(39)25-6-2-3-7-27(25)33/h2-3,6-13,20,22H,4-5,14-19H2,1H3,(H,34,39). The van der Waals surface area contributed by atoms with Gasteiger partial charge in [-0.05, 0) is 86.0 Å². The Labute approximate surface area is 244 Å². The average molecular weight is 580 g/mol. The fraction of sp³-hybridized carbons (Fsp3) is 0.323. The molecule has 9 heteroatoms. The van der Waals surface area contributed by atoms with E-state index in [1.165, 1.54) is 0 Å². The van der Waals surface area contributed by atoms with Gasteiger partial charge in [0.15, 0.2) is 0 Å². The third kappa shape index (κ3) is 6.33. The zero-order chi connectivity index (χ0) is 28.2. The number of carbonyl (C=O) groups is 3. The van der Waals surface area contributed by atoms with Crippen molar-refractivity contribution in [2.75, 3.05) is 50.0 Å². The summed E-state index contributed by atoms with van der Waals surface area (Å²) in [5.41, 5.74) is 3.17. The highest BCUT2D eigenvalue weighted by Gasteiger charge is 2.30. The minimum absolute atomic E-state index is 0.0129. The summed E-state index contributed by atoms with van der Waals surface area (Å²) in [6.45, 7) is 3.78. The number of carbonyl (C=O) groups excluding carboxylic acids is 3. The van der Waals surface area contributed by atoms with E-state index in [0.29, 0.717) is 39.8 Å². The zero-order valence-corrected chi connectivity index (χ0v) is 23.9. The molecule has 1 N–H and O–H groups in total. The molecule has 7 nitrogen and oxygen atoms in total. The molecule has 0 radical (unpaired) electrons. The summed E-state index contributed by atoms with van der Waals surface area (Å²) in [5.74, 6) is -0.321. The largest absolute Gasteiger partial charge is 0.340 e. The molecule has 2 heterocycles. The second kappa shape index (κ2) is 12.4. The molecule has 208 valence electrons. The van der Waals surface area contributed by atoms with Gasteiger partial charge in [0.2, 0.25) is 5.91 Å². The predicted molar refractivity (Wildman–Crippen MR) is 160 cm³/mol. The van der Waals surface area contributed by atoms with Crippen molar-refractivity contribution in [3.8, 4) is 0 Å². The molecule has 1 unspecified atom stereocenters. The second-order valence-corrected chi connectivity index (χ2v) is 11.2. The van der Waals surface area contributed by atoms with Gasteiger partial charge in [-0.1, -0.05) is 35.3 Å². The lowest BCUT2D eigenvalue weighted by atomic mass is 9.90. The van der Waals surface area contributed by atoms with Gasteiger partial charge in [-0.15, -0.1) is 0 Å². The van der Waals surface area contributed by atoms with Gasteiger partial charge in [-0.2, -0.15) is 0 Å². The van der Waals surface area contributed by atoms with E-state index in [0.717, 1.165) is 50.3 Å². The van der Waals surface area contributed by atoms with Crippen molar-refractivity contribution < 1.29 is 14.4 Å². The van der Waals surface area contributed by atoms with E-state index < -0.39 is 0 Å². The molecule has 0 spiro atoms. The molecule has 0 aliphatic carbocycles. The van der Waals surface area contributed by atoms with E-state index in [1.807, 2.05) is 17.0 Å². The molecule has 3 amide bonds. The maximum Gasteiger partial charge on any atom is 0.258 e. The number of hydrogen-bond acceptors (Lipinski definition) is 4. The molecule has 0 saturated carbocycles. The van der Waals surface area contributed by atoms with Gasteiger partial charge in [0.1, 0.15) is 0 Å². The van der Waals surface area contributed by atoms with Crippen molar-refractivity contribution in [1.29, 1.82) is 0 Å². The predicted octanol–water partition coefficient (Wildman–Crippen LogP) is 5.93. The molecule has 5 rings (SSSR count). The fourth-order valence-corrected chi connectivity index (χ4v) is 5.79. The third-order valence-corrected chi connectivity index (χ3v) is 8.25. The second-order valence-electron chi connectivity index (χ2n) is 10.4.